The van der Waals surface area contributed by atoms with Crippen molar-refractivity contribution in [3.63, 3.8) is 0 Å². The van der Waals surface area contributed by atoms with Crippen molar-refractivity contribution in [1.82, 2.24) is 5.32 Å². The highest BCUT2D eigenvalue weighted by atomic mass is 16.2. The highest BCUT2D eigenvalue weighted by Crippen LogP contribution is 1.98. The van der Waals surface area contributed by atoms with Crippen molar-refractivity contribution >= 4 is 5.91 Å². The fraction of sp³-hybridized carbons (Fsp3) is 0.900. The second kappa shape index (κ2) is 8.97. The van der Waals surface area contributed by atoms with Crippen LogP contribution in [-0.4, -0.2) is 30.2 Å². The van der Waals surface area contributed by atoms with Gasteiger partial charge in [-0.15, -0.1) is 0 Å². The average molecular weight is 202 g/mol. The van der Waals surface area contributed by atoms with Crippen molar-refractivity contribution in [3.8, 4) is 0 Å². The smallest absolute Gasteiger partial charge is 0.220 e. The normalized spacial score (nSPS) is 12.5. The lowest BCUT2D eigenvalue weighted by Crippen LogP contribution is -2.32. The average Bonchev–Trinajstić information content (AvgIpc) is 2.15. The number of nitrogens with one attached hydrogen (secondary N) is 1. The molecule has 0 aliphatic heterocycles. The zero-order chi connectivity index (χ0) is 10.8. The van der Waals surface area contributed by atoms with Gasteiger partial charge in [-0.3, -0.25) is 4.79 Å². The quantitative estimate of drug-likeness (QED) is 0.498. The molecule has 4 nitrogen and oxygen atoms in total. The molecule has 1 unspecified atom stereocenters. The van der Waals surface area contributed by atoms with Crippen molar-refractivity contribution in [2.75, 3.05) is 13.2 Å². The molecule has 1 atom stereocenters. The molecule has 0 rings (SSSR count). The first-order valence-electron chi connectivity index (χ1n) is 5.31. The molecule has 0 saturated heterocycles. The molecule has 4 heteroatoms. The summed E-state index contributed by atoms with van der Waals surface area (Å²) in [6.07, 6.45) is 3.89. The minimum absolute atomic E-state index is 0.0869. The number of rotatable bonds is 8. The van der Waals surface area contributed by atoms with Gasteiger partial charge in [0.1, 0.15) is 0 Å². The van der Waals surface area contributed by atoms with E-state index in [0.29, 0.717) is 13.0 Å². The molecule has 0 saturated carbocycles. The maximum atomic E-state index is 11.3. The summed E-state index contributed by atoms with van der Waals surface area (Å²) in [4.78, 5) is 11.3. The molecule has 0 fully saturated rings. The molecular weight excluding hydrogens is 180 g/mol. The SMILES string of the molecule is CC(CCCO)NC(=O)CCCCN. The Morgan fingerprint density at radius 1 is 1.43 bits per heavy atom. The third-order valence-electron chi connectivity index (χ3n) is 2.06. The van der Waals surface area contributed by atoms with Crippen LogP contribution in [0.4, 0.5) is 0 Å². The molecule has 0 bridgehead atoms. The summed E-state index contributed by atoms with van der Waals surface area (Å²) >= 11 is 0. The van der Waals surface area contributed by atoms with Gasteiger partial charge in [0.15, 0.2) is 0 Å². The van der Waals surface area contributed by atoms with Crippen LogP contribution in [-0.2, 0) is 4.79 Å². The van der Waals surface area contributed by atoms with E-state index in [4.69, 9.17) is 10.8 Å². The fourth-order valence-corrected chi connectivity index (χ4v) is 1.25. The van der Waals surface area contributed by atoms with Crippen molar-refractivity contribution in [3.05, 3.63) is 0 Å². The van der Waals surface area contributed by atoms with E-state index in [1.165, 1.54) is 0 Å². The van der Waals surface area contributed by atoms with Crippen LogP contribution in [0.3, 0.4) is 0 Å². The molecule has 0 aliphatic rings. The number of aliphatic hydroxyl groups excluding tert-OH is 1. The maximum absolute atomic E-state index is 11.3. The van der Waals surface area contributed by atoms with Crippen LogP contribution in [0, 0.1) is 0 Å². The molecule has 0 aromatic heterocycles. The van der Waals surface area contributed by atoms with E-state index < -0.39 is 0 Å². The lowest BCUT2D eigenvalue weighted by Gasteiger charge is -2.12. The number of hydrogen-bond donors (Lipinski definition) is 3. The van der Waals surface area contributed by atoms with E-state index in [-0.39, 0.29) is 18.6 Å². The van der Waals surface area contributed by atoms with Crippen LogP contribution in [0.2, 0.25) is 0 Å². The Hall–Kier alpha value is -0.610. The number of carbonyl (C=O) groups is 1. The Morgan fingerprint density at radius 3 is 2.71 bits per heavy atom. The minimum atomic E-state index is 0.0869. The van der Waals surface area contributed by atoms with Crippen LogP contribution in [0.5, 0.6) is 0 Å². The largest absolute Gasteiger partial charge is 0.396 e. The lowest BCUT2D eigenvalue weighted by molar-refractivity contribution is -0.121. The lowest BCUT2D eigenvalue weighted by atomic mass is 10.1. The second-order valence-corrected chi connectivity index (χ2v) is 3.58. The third kappa shape index (κ3) is 8.01. The second-order valence-electron chi connectivity index (χ2n) is 3.58. The van der Waals surface area contributed by atoms with E-state index in [1.807, 2.05) is 6.92 Å². The van der Waals surface area contributed by atoms with Gasteiger partial charge < -0.3 is 16.2 Å². The molecule has 0 aromatic rings. The first-order valence-corrected chi connectivity index (χ1v) is 5.31. The monoisotopic (exact) mass is 202 g/mol. The van der Waals surface area contributed by atoms with Gasteiger partial charge in [0.05, 0.1) is 0 Å². The number of aliphatic hydroxyl groups is 1. The summed E-state index contributed by atoms with van der Waals surface area (Å²) in [6.45, 7) is 2.79. The Morgan fingerprint density at radius 2 is 2.14 bits per heavy atom. The summed E-state index contributed by atoms with van der Waals surface area (Å²) in [5.41, 5.74) is 5.32. The predicted octanol–water partition coefficient (Wildman–Crippen LogP) is 0.393. The molecule has 14 heavy (non-hydrogen) atoms. The van der Waals surface area contributed by atoms with E-state index >= 15 is 0 Å². The van der Waals surface area contributed by atoms with Crippen molar-refractivity contribution in [1.29, 1.82) is 0 Å². The Balaban J connectivity index is 3.40. The molecule has 0 aromatic carbocycles. The summed E-state index contributed by atoms with van der Waals surface area (Å²) in [7, 11) is 0. The maximum Gasteiger partial charge on any atom is 0.220 e. The van der Waals surface area contributed by atoms with E-state index in [1.54, 1.807) is 0 Å². The highest BCUT2D eigenvalue weighted by Gasteiger charge is 2.05. The van der Waals surface area contributed by atoms with Crippen LogP contribution in [0.1, 0.15) is 39.0 Å². The number of nitrogens with two attached hydrogens (primary N) is 1. The molecule has 0 radical (unpaired) electrons. The molecule has 0 spiro atoms. The van der Waals surface area contributed by atoms with Gasteiger partial charge in [0.25, 0.3) is 0 Å². The Kier molecular flexibility index (Phi) is 8.57. The minimum Gasteiger partial charge on any atom is -0.396 e. The van der Waals surface area contributed by atoms with Gasteiger partial charge in [-0.1, -0.05) is 0 Å². The first-order chi connectivity index (χ1) is 6.70. The zero-order valence-electron chi connectivity index (χ0n) is 8.96. The van der Waals surface area contributed by atoms with Crippen LogP contribution in [0.25, 0.3) is 0 Å². The number of unbranched alkanes of at least 4 members (excludes halogenated alkanes) is 1. The van der Waals surface area contributed by atoms with Gasteiger partial charge in [-0.05, 0) is 39.2 Å². The van der Waals surface area contributed by atoms with Gasteiger partial charge in [0, 0.05) is 19.1 Å². The van der Waals surface area contributed by atoms with E-state index in [9.17, 15) is 4.79 Å². The van der Waals surface area contributed by atoms with Gasteiger partial charge in [0.2, 0.25) is 5.91 Å². The topological polar surface area (TPSA) is 75.3 Å². The molecule has 0 aliphatic carbocycles. The summed E-state index contributed by atoms with van der Waals surface area (Å²) in [5, 5.41) is 11.5. The first kappa shape index (κ1) is 13.4. The highest BCUT2D eigenvalue weighted by molar-refractivity contribution is 5.76. The molecule has 4 N–H and O–H groups in total. The summed E-state index contributed by atoms with van der Waals surface area (Å²) in [5.74, 6) is 0.0869. The van der Waals surface area contributed by atoms with Crippen LogP contribution in [0.15, 0.2) is 0 Å². The van der Waals surface area contributed by atoms with Crippen molar-refractivity contribution in [2.24, 2.45) is 5.73 Å². The van der Waals surface area contributed by atoms with Gasteiger partial charge in [-0.25, -0.2) is 0 Å². The third-order valence-corrected chi connectivity index (χ3v) is 2.06. The van der Waals surface area contributed by atoms with Crippen molar-refractivity contribution in [2.45, 2.75) is 45.1 Å². The van der Waals surface area contributed by atoms with E-state index in [0.717, 1.165) is 25.7 Å². The number of hydrogen-bond acceptors (Lipinski definition) is 3. The number of carbonyl (C=O) groups excluding carboxylic acids is 1. The fourth-order valence-electron chi connectivity index (χ4n) is 1.25. The number of amides is 1. The predicted molar refractivity (Wildman–Crippen MR) is 56.8 cm³/mol. The Bertz CT molecular complexity index is 151. The standard InChI is InChI=1S/C10H22N2O2/c1-9(5-4-8-13)12-10(14)6-2-3-7-11/h9,13H,2-8,11H2,1H3,(H,12,14). The van der Waals surface area contributed by atoms with Gasteiger partial charge in [-0.2, -0.15) is 0 Å². The molecule has 1 amide bonds. The van der Waals surface area contributed by atoms with Crippen LogP contribution >= 0.6 is 0 Å². The summed E-state index contributed by atoms with van der Waals surface area (Å²) < 4.78 is 0. The molecular formula is C10H22N2O2. The van der Waals surface area contributed by atoms with Gasteiger partial charge >= 0.3 is 0 Å². The molecule has 0 heterocycles. The zero-order valence-corrected chi connectivity index (χ0v) is 8.96. The van der Waals surface area contributed by atoms with Crippen molar-refractivity contribution < 1.29 is 9.90 Å². The Labute approximate surface area is 85.9 Å². The molecule has 84 valence electrons. The van der Waals surface area contributed by atoms with E-state index in [2.05, 4.69) is 5.32 Å². The van der Waals surface area contributed by atoms with Crippen LogP contribution < -0.4 is 11.1 Å². The summed E-state index contributed by atoms with van der Waals surface area (Å²) in [6, 6.07) is 0.160.